The summed E-state index contributed by atoms with van der Waals surface area (Å²) < 4.78 is 21.3. The summed E-state index contributed by atoms with van der Waals surface area (Å²) in [6.45, 7) is 1.59. The standard InChI is InChI=1S/C20H21N3O5/c1-13(16-11-15(25-2)9-10-17(16)26-3)21-18(24)12-27-20-23-22-19(28-20)14-7-5-4-6-8-14/h4-11,13H,12H2,1-3H3,(H,21,24). The fourth-order valence-corrected chi connectivity index (χ4v) is 2.63. The van der Waals surface area contributed by atoms with E-state index in [0.717, 1.165) is 11.1 Å². The van der Waals surface area contributed by atoms with E-state index < -0.39 is 0 Å². The number of ether oxygens (including phenoxy) is 3. The molecule has 0 bridgehead atoms. The Morgan fingerprint density at radius 1 is 1.11 bits per heavy atom. The Morgan fingerprint density at radius 3 is 2.61 bits per heavy atom. The number of benzene rings is 2. The van der Waals surface area contributed by atoms with Crippen molar-refractivity contribution in [3.63, 3.8) is 0 Å². The van der Waals surface area contributed by atoms with Crippen molar-refractivity contribution in [1.29, 1.82) is 0 Å². The van der Waals surface area contributed by atoms with Gasteiger partial charge in [-0.25, -0.2) is 0 Å². The van der Waals surface area contributed by atoms with Crippen molar-refractivity contribution in [2.24, 2.45) is 0 Å². The Morgan fingerprint density at radius 2 is 1.89 bits per heavy atom. The first-order chi connectivity index (χ1) is 13.6. The predicted molar refractivity (Wildman–Crippen MR) is 101 cm³/mol. The Labute approximate surface area is 162 Å². The molecule has 3 aromatic rings. The maximum absolute atomic E-state index is 12.2. The Balaban J connectivity index is 1.58. The molecule has 0 radical (unpaired) electrons. The van der Waals surface area contributed by atoms with Crippen molar-refractivity contribution in [2.45, 2.75) is 13.0 Å². The monoisotopic (exact) mass is 383 g/mol. The lowest BCUT2D eigenvalue weighted by Crippen LogP contribution is -2.31. The first-order valence-electron chi connectivity index (χ1n) is 8.63. The van der Waals surface area contributed by atoms with Crippen LogP contribution >= 0.6 is 0 Å². The van der Waals surface area contributed by atoms with Gasteiger partial charge in [-0.05, 0) is 37.3 Å². The summed E-state index contributed by atoms with van der Waals surface area (Å²) in [7, 11) is 3.15. The molecule has 2 aromatic carbocycles. The van der Waals surface area contributed by atoms with Crippen molar-refractivity contribution in [3.8, 4) is 29.0 Å². The Bertz CT molecular complexity index is 927. The topological polar surface area (TPSA) is 95.7 Å². The van der Waals surface area contributed by atoms with E-state index in [9.17, 15) is 4.79 Å². The van der Waals surface area contributed by atoms with Gasteiger partial charge < -0.3 is 23.9 Å². The summed E-state index contributed by atoms with van der Waals surface area (Å²) in [6, 6.07) is 14.4. The maximum atomic E-state index is 12.2. The second-order valence-corrected chi connectivity index (χ2v) is 5.92. The molecule has 0 spiro atoms. The Kier molecular flexibility index (Phi) is 6.11. The van der Waals surface area contributed by atoms with Crippen LogP contribution in [-0.4, -0.2) is 36.9 Å². The van der Waals surface area contributed by atoms with Crippen molar-refractivity contribution >= 4 is 5.91 Å². The number of hydrogen-bond acceptors (Lipinski definition) is 7. The molecule has 0 aliphatic rings. The average molecular weight is 383 g/mol. The van der Waals surface area contributed by atoms with E-state index in [2.05, 4.69) is 15.5 Å². The third-order valence-electron chi connectivity index (χ3n) is 4.03. The van der Waals surface area contributed by atoms with Gasteiger partial charge in [-0.15, -0.1) is 5.10 Å². The van der Waals surface area contributed by atoms with Gasteiger partial charge >= 0.3 is 6.08 Å². The van der Waals surface area contributed by atoms with Gasteiger partial charge in [0.05, 0.1) is 20.3 Å². The largest absolute Gasteiger partial charge is 0.497 e. The van der Waals surface area contributed by atoms with Crippen LogP contribution in [-0.2, 0) is 4.79 Å². The molecular formula is C20H21N3O5. The highest BCUT2D eigenvalue weighted by atomic mass is 16.6. The first kappa shape index (κ1) is 19.2. The molecule has 1 N–H and O–H groups in total. The smallest absolute Gasteiger partial charge is 0.415 e. The van der Waals surface area contributed by atoms with Gasteiger partial charge in [0.15, 0.2) is 6.61 Å². The third-order valence-corrected chi connectivity index (χ3v) is 4.03. The van der Waals surface area contributed by atoms with Crippen LogP contribution in [0.1, 0.15) is 18.5 Å². The first-order valence-corrected chi connectivity index (χ1v) is 8.63. The van der Waals surface area contributed by atoms with Gasteiger partial charge in [-0.2, -0.15) is 0 Å². The SMILES string of the molecule is COc1ccc(OC)c(C(C)NC(=O)COc2nnc(-c3ccccc3)o2)c1. The minimum Gasteiger partial charge on any atom is -0.497 e. The van der Waals surface area contributed by atoms with Crippen molar-refractivity contribution in [2.75, 3.05) is 20.8 Å². The molecule has 0 saturated heterocycles. The molecule has 0 fully saturated rings. The van der Waals surface area contributed by atoms with Crippen molar-refractivity contribution < 1.29 is 23.4 Å². The third kappa shape index (κ3) is 4.59. The van der Waals surface area contributed by atoms with Crippen LogP contribution in [0.15, 0.2) is 52.9 Å². The summed E-state index contributed by atoms with van der Waals surface area (Å²) >= 11 is 0. The van der Waals surface area contributed by atoms with Crippen LogP contribution in [0.4, 0.5) is 0 Å². The van der Waals surface area contributed by atoms with E-state index in [1.807, 2.05) is 43.3 Å². The van der Waals surface area contributed by atoms with E-state index in [4.69, 9.17) is 18.6 Å². The summed E-state index contributed by atoms with van der Waals surface area (Å²) in [5, 5.41) is 10.5. The van der Waals surface area contributed by atoms with Crippen LogP contribution in [0.25, 0.3) is 11.5 Å². The molecule has 1 heterocycles. The zero-order chi connectivity index (χ0) is 19.9. The van der Waals surface area contributed by atoms with Gasteiger partial charge in [0.1, 0.15) is 11.5 Å². The predicted octanol–water partition coefficient (Wildman–Crippen LogP) is 3.01. The van der Waals surface area contributed by atoms with E-state index in [1.54, 1.807) is 26.4 Å². The molecule has 8 heteroatoms. The van der Waals surface area contributed by atoms with Crippen molar-refractivity contribution in [3.05, 3.63) is 54.1 Å². The number of aromatic nitrogens is 2. The fraction of sp³-hybridized carbons (Fsp3) is 0.250. The lowest BCUT2D eigenvalue weighted by Gasteiger charge is -2.18. The molecule has 28 heavy (non-hydrogen) atoms. The van der Waals surface area contributed by atoms with Crippen LogP contribution < -0.4 is 19.5 Å². The highest BCUT2D eigenvalue weighted by Gasteiger charge is 2.17. The van der Waals surface area contributed by atoms with Gasteiger partial charge in [0.25, 0.3) is 11.8 Å². The average Bonchev–Trinajstić information content (AvgIpc) is 3.21. The number of hydrogen-bond donors (Lipinski definition) is 1. The van der Waals surface area contributed by atoms with Crippen LogP contribution in [0.2, 0.25) is 0 Å². The molecular weight excluding hydrogens is 362 g/mol. The zero-order valence-electron chi connectivity index (χ0n) is 15.8. The van der Waals surface area contributed by atoms with Gasteiger partial charge in [-0.3, -0.25) is 4.79 Å². The van der Waals surface area contributed by atoms with E-state index in [1.165, 1.54) is 0 Å². The lowest BCUT2D eigenvalue weighted by atomic mass is 10.1. The summed E-state index contributed by atoms with van der Waals surface area (Å²) in [5.41, 5.74) is 1.56. The second-order valence-electron chi connectivity index (χ2n) is 5.92. The number of carbonyl (C=O) groups excluding carboxylic acids is 1. The number of rotatable bonds is 8. The van der Waals surface area contributed by atoms with E-state index in [0.29, 0.717) is 17.4 Å². The molecule has 0 saturated carbocycles. The molecule has 1 atom stereocenters. The van der Waals surface area contributed by atoms with Crippen molar-refractivity contribution in [1.82, 2.24) is 15.5 Å². The Hall–Kier alpha value is -3.55. The quantitative estimate of drug-likeness (QED) is 0.639. The van der Waals surface area contributed by atoms with Crippen LogP contribution in [0.3, 0.4) is 0 Å². The summed E-state index contributed by atoms with van der Waals surface area (Å²) in [5.74, 6) is 1.31. The number of carbonyl (C=O) groups is 1. The summed E-state index contributed by atoms with van der Waals surface area (Å²) in [4.78, 5) is 12.2. The second kappa shape index (κ2) is 8.90. The van der Waals surface area contributed by atoms with Gasteiger partial charge in [0.2, 0.25) is 0 Å². The van der Waals surface area contributed by atoms with Gasteiger partial charge in [0, 0.05) is 11.1 Å². The zero-order valence-corrected chi connectivity index (χ0v) is 15.8. The molecule has 8 nitrogen and oxygen atoms in total. The number of nitrogens with one attached hydrogen (secondary N) is 1. The minimum absolute atomic E-state index is 0.0689. The molecule has 0 aliphatic heterocycles. The molecule has 3 rings (SSSR count). The highest BCUT2D eigenvalue weighted by molar-refractivity contribution is 5.78. The number of nitrogens with zero attached hydrogens (tertiary/aromatic N) is 2. The maximum Gasteiger partial charge on any atom is 0.415 e. The number of amides is 1. The van der Waals surface area contributed by atoms with E-state index >= 15 is 0 Å². The fourth-order valence-electron chi connectivity index (χ4n) is 2.63. The summed E-state index contributed by atoms with van der Waals surface area (Å²) in [6.07, 6.45) is -0.0689. The molecule has 146 valence electrons. The molecule has 1 aromatic heterocycles. The minimum atomic E-state index is -0.336. The number of methoxy groups -OCH3 is 2. The molecule has 1 unspecified atom stereocenters. The molecule has 1 amide bonds. The van der Waals surface area contributed by atoms with Crippen LogP contribution in [0.5, 0.6) is 17.6 Å². The lowest BCUT2D eigenvalue weighted by molar-refractivity contribution is -0.124. The van der Waals surface area contributed by atoms with Crippen LogP contribution in [0, 0.1) is 0 Å². The molecule has 0 aliphatic carbocycles. The van der Waals surface area contributed by atoms with Gasteiger partial charge in [-0.1, -0.05) is 23.3 Å². The normalized spacial score (nSPS) is 11.5. The van der Waals surface area contributed by atoms with E-state index in [-0.39, 0.29) is 24.6 Å². The highest BCUT2D eigenvalue weighted by Crippen LogP contribution is 2.29.